The zero-order valence-corrected chi connectivity index (χ0v) is 18.2. The molecule has 0 saturated heterocycles. The van der Waals surface area contributed by atoms with Gasteiger partial charge < -0.3 is 14.6 Å². The van der Waals surface area contributed by atoms with Gasteiger partial charge in [-0.15, -0.1) is 11.3 Å². The SMILES string of the molecule is COCCNC(=O)c1ccccc1Cn1c(C)csc1=NC(=O)c1ccc(C)cc1. The molecule has 0 bridgehead atoms. The van der Waals surface area contributed by atoms with Crippen molar-refractivity contribution in [3.8, 4) is 0 Å². The van der Waals surface area contributed by atoms with Crippen molar-refractivity contribution in [2.45, 2.75) is 20.4 Å². The highest BCUT2D eigenvalue weighted by Gasteiger charge is 2.13. The van der Waals surface area contributed by atoms with Crippen LogP contribution >= 0.6 is 11.3 Å². The van der Waals surface area contributed by atoms with Crippen molar-refractivity contribution >= 4 is 23.2 Å². The Morgan fingerprint density at radius 3 is 2.57 bits per heavy atom. The fourth-order valence-electron chi connectivity index (χ4n) is 2.95. The molecule has 30 heavy (non-hydrogen) atoms. The van der Waals surface area contributed by atoms with Gasteiger partial charge in [-0.3, -0.25) is 9.59 Å². The van der Waals surface area contributed by atoms with Gasteiger partial charge in [0.1, 0.15) is 0 Å². The van der Waals surface area contributed by atoms with Gasteiger partial charge in [-0.1, -0.05) is 35.9 Å². The standard InChI is InChI=1S/C23H25N3O3S/c1-16-8-10-18(11-9-16)21(27)25-23-26(17(2)15-30-23)14-19-6-4-5-7-20(19)22(28)24-12-13-29-3/h4-11,15H,12-14H2,1-3H3,(H,24,28). The highest BCUT2D eigenvalue weighted by molar-refractivity contribution is 7.07. The predicted octanol–water partition coefficient (Wildman–Crippen LogP) is 3.33. The maximum absolute atomic E-state index is 12.6. The van der Waals surface area contributed by atoms with Crippen LogP contribution < -0.4 is 10.1 Å². The number of methoxy groups -OCH3 is 1. The van der Waals surface area contributed by atoms with Crippen LogP contribution in [0.1, 0.15) is 37.5 Å². The lowest BCUT2D eigenvalue weighted by atomic mass is 10.1. The number of aryl methyl sites for hydroxylation is 2. The van der Waals surface area contributed by atoms with E-state index < -0.39 is 0 Å². The Hall–Kier alpha value is -3.03. The summed E-state index contributed by atoms with van der Waals surface area (Å²) in [5, 5.41) is 4.82. The van der Waals surface area contributed by atoms with E-state index in [9.17, 15) is 9.59 Å². The summed E-state index contributed by atoms with van der Waals surface area (Å²) in [6.45, 7) is 5.29. The number of nitrogens with one attached hydrogen (secondary N) is 1. The molecule has 0 atom stereocenters. The third-order valence-electron chi connectivity index (χ3n) is 4.67. The molecule has 0 spiro atoms. The summed E-state index contributed by atoms with van der Waals surface area (Å²) in [4.78, 5) is 30.1. The Balaban J connectivity index is 1.89. The van der Waals surface area contributed by atoms with E-state index in [0.717, 1.165) is 16.8 Å². The van der Waals surface area contributed by atoms with Crippen LogP contribution in [0.5, 0.6) is 0 Å². The lowest BCUT2D eigenvalue weighted by Gasteiger charge is -2.12. The molecular formula is C23H25N3O3S. The Bertz CT molecular complexity index is 1100. The Morgan fingerprint density at radius 2 is 1.83 bits per heavy atom. The van der Waals surface area contributed by atoms with Gasteiger partial charge in [0.25, 0.3) is 11.8 Å². The molecule has 2 aromatic carbocycles. The van der Waals surface area contributed by atoms with E-state index in [1.807, 2.05) is 54.1 Å². The summed E-state index contributed by atoms with van der Waals surface area (Å²) in [7, 11) is 1.60. The number of rotatable bonds is 7. The first-order valence-electron chi connectivity index (χ1n) is 9.65. The Kier molecular flexibility index (Phi) is 7.32. The number of carbonyl (C=O) groups is 2. The Labute approximate surface area is 179 Å². The fraction of sp³-hybridized carbons (Fsp3) is 0.261. The maximum atomic E-state index is 12.6. The minimum atomic E-state index is -0.281. The van der Waals surface area contributed by atoms with Crippen molar-refractivity contribution in [3.63, 3.8) is 0 Å². The van der Waals surface area contributed by atoms with E-state index in [1.54, 1.807) is 25.3 Å². The summed E-state index contributed by atoms with van der Waals surface area (Å²) < 4.78 is 6.95. The maximum Gasteiger partial charge on any atom is 0.279 e. The number of hydrogen-bond donors (Lipinski definition) is 1. The number of hydrogen-bond acceptors (Lipinski definition) is 4. The number of amides is 2. The van der Waals surface area contributed by atoms with Crippen molar-refractivity contribution < 1.29 is 14.3 Å². The summed E-state index contributed by atoms with van der Waals surface area (Å²) >= 11 is 1.41. The van der Waals surface area contributed by atoms with Crippen molar-refractivity contribution in [2.75, 3.05) is 20.3 Å². The average Bonchev–Trinajstić information content (AvgIpc) is 3.08. The Morgan fingerprint density at radius 1 is 1.10 bits per heavy atom. The van der Waals surface area contributed by atoms with Crippen molar-refractivity contribution in [3.05, 3.63) is 86.7 Å². The third-order valence-corrected chi connectivity index (χ3v) is 5.65. The van der Waals surface area contributed by atoms with E-state index in [2.05, 4.69) is 10.3 Å². The zero-order valence-electron chi connectivity index (χ0n) is 17.3. The zero-order chi connectivity index (χ0) is 21.5. The van der Waals surface area contributed by atoms with E-state index in [4.69, 9.17) is 4.74 Å². The molecule has 2 amide bonds. The number of aromatic nitrogens is 1. The van der Waals surface area contributed by atoms with Gasteiger partial charge in [0.05, 0.1) is 13.2 Å². The van der Waals surface area contributed by atoms with Gasteiger partial charge in [-0.25, -0.2) is 0 Å². The molecule has 1 aromatic heterocycles. The van der Waals surface area contributed by atoms with Crippen LogP contribution in [0.2, 0.25) is 0 Å². The number of benzene rings is 2. The first kappa shape index (κ1) is 21.7. The molecule has 156 valence electrons. The monoisotopic (exact) mass is 423 g/mol. The normalized spacial score (nSPS) is 11.5. The quantitative estimate of drug-likeness (QED) is 0.593. The van der Waals surface area contributed by atoms with E-state index >= 15 is 0 Å². The minimum absolute atomic E-state index is 0.148. The molecule has 1 heterocycles. The first-order valence-corrected chi connectivity index (χ1v) is 10.5. The van der Waals surface area contributed by atoms with Gasteiger partial charge in [-0.05, 0) is 37.6 Å². The molecule has 0 radical (unpaired) electrons. The summed E-state index contributed by atoms with van der Waals surface area (Å²) in [5.41, 5.74) is 4.08. The highest BCUT2D eigenvalue weighted by atomic mass is 32.1. The lowest BCUT2D eigenvalue weighted by Crippen LogP contribution is -2.28. The van der Waals surface area contributed by atoms with Crippen LogP contribution in [0.3, 0.4) is 0 Å². The molecule has 0 aliphatic rings. The van der Waals surface area contributed by atoms with Crippen LogP contribution in [0, 0.1) is 13.8 Å². The molecule has 0 saturated carbocycles. The van der Waals surface area contributed by atoms with Crippen molar-refractivity contribution in [1.82, 2.24) is 9.88 Å². The number of carbonyl (C=O) groups excluding carboxylic acids is 2. The predicted molar refractivity (Wildman–Crippen MR) is 118 cm³/mol. The van der Waals surface area contributed by atoms with Gasteiger partial charge in [0.2, 0.25) is 0 Å². The van der Waals surface area contributed by atoms with Crippen LogP contribution in [-0.4, -0.2) is 36.6 Å². The molecule has 3 aromatic rings. The highest BCUT2D eigenvalue weighted by Crippen LogP contribution is 2.13. The largest absolute Gasteiger partial charge is 0.383 e. The third kappa shape index (κ3) is 5.31. The van der Waals surface area contributed by atoms with E-state index in [-0.39, 0.29) is 11.8 Å². The molecule has 3 rings (SSSR count). The second-order valence-electron chi connectivity index (χ2n) is 6.93. The first-order chi connectivity index (χ1) is 14.5. The molecule has 0 fully saturated rings. The number of ether oxygens (including phenoxy) is 1. The molecular weight excluding hydrogens is 398 g/mol. The van der Waals surface area contributed by atoms with E-state index in [0.29, 0.717) is 35.6 Å². The van der Waals surface area contributed by atoms with Crippen LogP contribution in [0.25, 0.3) is 0 Å². The van der Waals surface area contributed by atoms with Gasteiger partial charge >= 0.3 is 0 Å². The van der Waals surface area contributed by atoms with Gasteiger partial charge in [0, 0.05) is 35.9 Å². The number of thiazole rings is 1. The van der Waals surface area contributed by atoms with Gasteiger partial charge in [-0.2, -0.15) is 4.99 Å². The summed E-state index contributed by atoms with van der Waals surface area (Å²) in [6.07, 6.45) is 0. The molecule has 0 aliphatic carbocycles. The van der Waals surface area contributed by atoms with Gasteiger partial charge in [0.15, 0.2) is 4.80 Å². The van der Waals surface area contributed by atoms with Crippen LogP contribution in [0.4, 0.5) is 0 Å². The van der Waals surface area contributed by atoms with Crippen molar-refractivity contribution in [2.24, 2.45) is 4.99 Å². The molecule has 0 unspecified atom stereocenters. The second kappa shape index (κ2) is 10.1. The van der Waals surface area contributed by atoms with Crippen LogP contribution in [0.15, 0.2) is 58.9 Å². The smallest absolute Gasteiger partial charge is 0.279 e. The van der Waals surface area contributed by atoms with Crippen molar-refractivity contribution in [1.29, 1.82) is 0 Å². The molecule has 0 aliphatic heterocycles. The molecule has 7 heteroatoms. The summed E-state index contributed by atoms with van der Waals surface area (Å²) in [5.74, 6) is -0.429. The molecule has 6 nitrogen and oxygen atoms in total. The topological polar surface area (TPSA) is 72.7 Å². The van der Waals surface area contributed by atoms with E-state index in [1.165, 1.54) is 11.3 Å². The number of nitrogens with zero attached hydrogens (tertiary/aromatic N) is 2. The minimum Gasteiger partial charge on any atom is -0.383 e. The fourth-order valence-corrected chi connectivity index (χ4v) is 3.83. The second-order valence-corrected chi connectivity index (χ2v) is 7.77. The lowest BCUT2D eigenvalue weighted by molar-refractivity contribution is 0.0935. The molecule has 1 N–H and O–H groups in total. The summed E-state index contributed by atoms with van der Waals surface area (Å²) in [6, 6.07) is 14.8. The van der Waals surface area contributed by atoms with Crippen LogP contribution in [-0.2, 0) is 11.3 Å². The average molecular weight is 424 g/mol.